The van der Waals surface area contributed by atoms with Gasteiger partial charge in [-0.3, -0.25) is 4.72 Å². The number of rotatable bonds is 9. The number of ether oxygens (including phenoxy) is 1. The first-order valence-corrected chi connectivity index (χ1v) is 11.7. The first-order valence-electron chi connectivity index (χ1n) is 9.44. The van der Waals surface area contributed by atoms with Crippen molar-refractivity contribution < 1.29 is 26.3 Å². The third-order valence-electron chi connectivity index (χ3n) is 4.31. The van der Waals surface area contributed by atoms with Gasteiger partial charge in [0, 0.05) is 30.3 Å². The van der Waals surface area contributed by atoms with Gasteiger partial charge >= 0.3 is 21.5 Å². The van der Waals surface area contributed by atoms with Crippen molar-refractivity contribution in [3.8, 4) is 6.01 Å². The summed E-state index contributed by atoms with van der Waals surface area (Å²) in [6.45, 7) is 2.86. The van der Waals surface area contributed by atoms with E-state index in [-0.39, 0.29) is 22.5 Å². The molecule has 0 aliphatic heterocycles. The molecule has 1 heterocycles. The number of hydrogen-bond donors (Lipinski definition) is 1. The number of hydrogen-bond acceptors (Lipinski definition) is 9. The van der Waals surface area contributed by atoms with Gasteiger partial charge in [0.2, 0.25) is 0 Å². The molecule has 33 heavy (non-hydrogen) atoms. The largest absolute Gasteiger partial charge is 0.516 e. The number of alkyl halides is 3. The van der Waals surface area contributed by atoms with Gasteiger partial charge in [-0.25, -0.2) is 0 Å². The average molecular weight is 501 g/mol. The molecule has 1 aromatic heterocycles. The van der Waals surface area contributed by atoms with E-state index in [0.29, 0.717) is 18.8 Å². The van der Waals surface area contributed by atoms with E-state index in [1.165, 1.54) is 19.2 Å². The number of sulfonamides is 1. The molecule has 0 amide bonds. The molecule has 0 aliphatic rings. The summed E-state index contributed by atoms with van der Waals surface area (Å²) < 4.78 is 72.8. The second kappa shape index (κ2) is 10.1. The highest BCUT2D eigenvalue weighted by atomic mass is 32.2. The monoisotopic (exact) mass is 500 g/mol. The van der Waals surface area contributed by atoms with E-state index in [9.17, 15) is 21.6 Å². The van der Waals surface area contributed by atoms with Crippen molar-refractivity contribution in [2.75, 3.05) is 23.3 Å². The summed E-state index contributed by atoms with van der Waals surface area (Å²) in [4.78, 5) is 5.76. The number of nitrogens with zero attached hydrogens (tertiary/aromatic N) is 5. The van der Waals surface area contributed by atoms with Crippen LogP contribution >= 0.6 is 11.5 Å². The third-order valence-corrected chi connectivity index (χ3v) is 6.00. The summed E-state index contributed by atoms with van der Waals surface area (Å²) in [5.74, 6) is 0. The summed E-state index contributed by atoms with van der Waals surface area (Å²) in [5, 5.41) is 7.77. The van der Waals surface area contributed by atoms with Crippen molar-refractivity contribution in [1.82, 2.24) is 9.36 Å². The van der Waals surface area contributed by atoms with Crippen molar-refractivity contribution in [3.63, 3.8) is 0 Å². The lowest BCUT2D eigenvalue weighted by Gasteiger charge is -2.24. The van der Waals surface area contributed by atoms with E-state index in [4.69, 9.17) is 4.74 Å². The van der Waals surface area contributed by atoms with Crippen LogP contribution < -0.4 is 14.4 Å². The van der Waals surface area contributed by atoms with Gasteiger partial charge in [-0.05, 0) is 30.7 Å². The number of benzene rings is 2. The molecule has 0 spiro atoms. The zero-order valence-corrected chi connectivity index (χ0v) is 19.1. The van der Waals surface area contributed by atoms with Gasteiger partial charge in [0.05, 0.1) is 12.8 Å². The normalized spacial score (nSPS) is 12.2. The molecule has 0 fully saturated rings. The van der Waals surface area contributed by atoms with Gasteiger partial charge in [0.15, 0.2) is 0 Å². The van der Waals surface area contributed by atoms with E-state index >= 15 is 0 Å². The summed E-state index contributed by atoms with van der Waals surface area (Å²) in [6, 6.07) is 13.8. The van der Waals surface area contributed by atoms with Gasteiger partial charge in [-0.2, -0.15) is 26.6 Å². The Bertz CT molecular complexity index is 1220. The Hall–Kier alpha value is -3.26. The highest BCUT2D eigenvalue weighted by Gasteiger charge is 2.46. The minimum atomic E-state index is -5.68. The SMILES string of the molecule is CCN(Cc1ccccc1)c1ccc(N=Nc2nc(OC)ns2)c(NS(=O)(=O)C(F)(F)F)c1. The first kappa shape index (κ1) is 24.4. The zero-order valence-electron chi connectivity index (χ0n) is 17.4. The van der Waals surface area contributed by atoms with Crippen molar-refractivity contribution in [3.05, 3.63) is 54.1 Å². The predicted octanol–water partition coefficient (Wildman–Crippen LogP) is 5.25. The number of nitrogens with one attached hydrogen (secondary N) is 1. The Morgan fingerprint density at radius 2 is 1.88 bits per heavy atom. The molecule has 0 bridgehead atoms. The molecule has 3 rings (SSSR count). The highest BCUT2D eigenvalue weighted by Crippen LogP contribution is 2.35. The smallest absolute Gasteiger partial charge is 0.466 e. The standard InChI is InChI=1S/C19H19F3N6O3S2/c1-3-28(12-13-7-5-4-6-8-13)14-9-10-15(24-25-18-23-17(31-2)26-32-18)16(11-14)27-33(29,30)19(20,21)22/h4-11,27H,3,12H2,1-2H3. The molecule has 1 N–H and O–H groups in total. The molecule has 2 aromatic carbocycles. The topological polar surface area (TPSA) is 109 Å². The van der Waals surface area contributed by atoms with Crippen LogP contribution in [-0.2, 0) is 16.6 Å². The molecule has 0 unspecified atom stereocenters. The molecule has 14 heteroatoms. The minimum absolute atomic E-state index is 0.0572. The maximum atomic E-state index is 13.0. The van der Waals surface area contributed by atoms with Gasteiger partial charge in [0.1, 0.15) is 5.69 Å². The molecule has 176 valence electrons. The van der Waals surface area contributed by atoms with E-state index in [0.717, 1.165) is 17.1 Å². The van der Waals surface area contributed by atoms with Crippen molar-refractivity contribution in [1.29, 1.82) is 0 Å². The van der Waals surface area contributed by atoms with Crippen LogP contribution in [-0.4, -0.2) is 36.9 Å². The lowest BCUT2D eigenvalue weighted by molar-refractivity contribution is -0.0429. The lowest BCUT2D eigenvalue weighted by Crippen LogP contribution is -2.30. The Kier molecular flexibility index (Phi) is 7.48. The van der Waals surface area contributed by atoms with Crippen LogP contribution in [0.1, 0.15) is 12.5 Å². The second-order valence-electron chi connectivity index (χ2n) is 6.52. The molecule has 0 saturated carbocycles. The molecule has 0 aliphatic carbocycles. The fraction of sp³-hybridized carbons (Fsp3) is 0.263. The van der Waals surface area contributed by atoms with Crippen molar-refractivity contribution in [2.24, 2.45) is 10.2 Å². The molecule has 3 aromatic rings. The molecule has 0 atom stereocenters. The zero-order chi connectivity index (χ0) is 24.1. The number of aromatic nitrogens is 2. The molecule has 0 saturated heterocycles. The van der Waals surface area contributed by atoms with E-state index in [1.54, 1.807) is 10.8 Å². The summed E-state index contributed by atoms with van der Waals surface area (Å²) in [6.07, 6.45) is 0. The highest BCUT2D eigenvalue weighted by molar-refractivity contribution is 7.93. The summed E-state index contributed by atoms with van der Waals surface area (Å²) >= 11 is 0.856. The summed E-state index contributed by atoms with van der Waals surface area (Å²) in [7, 11) is -4.32. The van der Waals surface area contributed by atoms with E-state index < -0.39 is 15.5 Å². The molecular formula is C19H19F3N6O3S2. The van der Waals surface area contributed by atoms with Gasteiger partial charge in [-0.1, -0.05) is 30.3 Å². The Balaban J connectivity index is 1.98. The van der Waals surface area contributed by atoms with Crippen LogP contribution in [0.15, 0.2) is 58.8 Å². The van der Waals surface area contributed by atoms with E-state index in [1.807, 2.05) is 42.2 Å². The fourth-order valence-electron chi connectivity index (χ4n) is 2.70. The van der Waals surface area contributed by atoms with E-state index in [2.05, 4.69) is 19.6 Å². The number of azo groups is 1. The van der Waals surface area contributed by atoms with Gasteiger partial charge in [-0.15, -0.1) is 14.6 Å². The van der Waals surface area contributed by atoms with Gasteiger partial charge < -0.3 is 9.64 Å². The number of halogens is 3. The average Bonchev–Trinajstić information content (AvgIpc) is 3.24. The van der Waals surface area contributed by atoms with Crippen LogP contribution in [0.3, 0.4) is 0 Å². The Labute approximate surface area is 192 Å². The van der Waals surface area contributed by atoms with Crippen molar-refractivity contribution in [2.45, 2.75) is 19.0 Å². The first-order chi connectivity index (χ1) is 15.6. The van der Waals surface area contributed by atoms with Crippen LogP contribution in [0, 0.1) is 0 Å². The number of methoxy groups -OCH3 is 1. The molecule has 9 nitrogen and oxygen atoms in total. The van der Waals surface area contributed by atoms with Crippen molar-refractivity contribution >= 4 is 43.7 Å². The maximum Gasteiger partial charge on any atom is 0.516 e. The van der Waals surface area contributed by atoms with Crippen LogP contribution in [0.4, 0.5) is 35.4 Å². The fourth-order valence-corrected chi connectivity index (χ4v) is 3.74. The Morgan fingerprint density at radius 3 is 2.48 bits per heavy atom. The molecular weight excluding hydrogens is 481 g/mol. The summed E-state index contributed by atoms with van der Waals surface area (Å²) in [5.41, 5.74) is -4.53. The van der Waals surface area contributed by atoms with Crippen LogP contribution in [0.25, 0.3) is 0 Å². The maximum absolute atomic E-state index is 13.0. The lowest BCUT2D eigenvalue weighted by atomic mass is 10.2. The third kappa shape index (κ3) is 6.16. The minimum Gasteiger partial charge on any atom is -0.466 e. The number of anilines is 2. The second-order valence-corrected chi connectivity index (χ2v) is 8.92. The van der Waals surface area contributed by atoms with Crippen LogP contribution in [0.5, 0.6) is 6.01 Å². The Morgan fingerprint density at radius 1 is 1.15 bits per heavy atom. The quantitative estimate of drug-likeness (QED) is 0.402. The van der Waals surface area contributed by atoms with Crippen LogP contribution in [0.2, 0.25) is 0 Å². The predicted molar refractivity (Wildman–Crippen MR) is 119 cm³/mol. The van der Waals surface area contributed by atoms with Gasteiger partial charge in [0.25, 0.3) is 5.13 Å². The molecule has 0 radical (unpaired) electrons.